The molecule has 2 rings (SSSR count). The SMILES string of the molecule is CCCCNC(=NC)NCCCN1CCN(c2ccccc2F)CC1. The number of rotatable bonds is 8. The van der Waals surface area contributed by atoms with Gasteiger partial charge in [0.05, 0.1) is 5.69 Å². The molecular formula is C19H32FN5. The zero-order valence-corrected chi connectivity index (χ0v) is 15.6. The number of unbranched alkanes of at least 4 members (excludes halogenated alkanes) is 1. The molecule has 6 heteroatoms. The van der Waals surface area contributed by atoms with Gasteiger partial charge < -0.3 is 15.5 Å². The van der Waals surface area contributed by atoms with E-state index in [-0.39, 0.29) is 5.82 Å². The fourth-order valence-electron chi connectivity index (χ4n) is 3.03. The lowest BCUT2D eigenvalue weighted by atomic mass is 10.2. The zero-order chi connectivity index (χ0) is 17.9. The van der Waals surface area contributed by atoms with Crippen LogP contribution in [0.1, 0.15) is 26.2 Å². The summed E-state index contributed by atoms with van der Waals surface area (Å²) < 4.78 is 13.9. The number of nitrogens with zero attached hydrogens (tertiary/aromatic N) is 3. The number of hydrogen-bond acceptors (Lipinski definition) is 3. The predicted molar refractivity (Wildman–Crippen MR) is 104 cm³/mol. The third kappa shape index (κ3) is 6.53. The lowest BCUT2D eigenvalue weighted by Crippen LogP contribution is -2.47. The van der Waals surface area contributed by atoms with Gasteiger partial charge in [-0.05, 0) is 31.5 Å². The Morgan fingerprint density at radius 1 is 1.08 bits per heavy atom. The molecule has 1 aliphatic rings. The fraction of sp³-hybridized carbons (Fsp3) is 0.632. The maximum atomic E-state index is 13.9. The summed E-state index contributed by atoms with van der Waals surface area (Å²) in [7, 11) is 1.81. The van der Waals surface area contributed by atoms with Crippen LogP contribution in [0, 0.1) is 5.82 Å². The Hall–Kier alpha value is -1.82. The van der Waals surface area contributed by atoms with Crippen molar-refractivity contribution in [1.29, 1.82) is 0 Å². The monoisotopic (exact) mass is 349 g/mol. The van der Waals surface area contributed by atoms with Crippen LogP contribution in [-0.4, -0.2) is 63.7 Å². The van der Waals surface area contributed by atoms with E-state index in [1.807, 2.05) is 19.2 Å². The maximum Gasteiger partial charge on any atom is 0.190 e. The molecule has 1 heterocycles. The summed E-state index contributed by atoms with van der Waals surface area (Å²) in [6, 6.07) is 7.05. The first-order valence-electron chi connectivity index (χ1n) is 9.41. The molecule has 0 radical (unpaired) electrons. The molecule has 140 valence electrons. The predicted octanol–water partition coefficient (Wildman–Crippen LogP) is 2.30. The van der Waals surface area contributed by atoms with Gasteiger partial charge in [0.1, 0.15) is 5.82 Å². The number of para-hydroxylation sites is 1. The van der Waals surface area contributed by atoms with E-state index in [2.05, 4.69) is 32.3 Å². The smallest absolute Gasteiger partial charge is 0.190 e. The van der Waals surface area contributed by atoms with Gasteiger partial charge >= 0.3 is 0 Å². The summed E-state index contributed by atoms with van der Waals surface area (Å²) in [5.74, 6) is 0.764. The Morgan fingerprint density at radius 3 is 2.40 bits per heavy atom. The molecule has 1 saturated heterocycles. The van der Waals surface area contributed by atoms with Gasteiger partial charge in [-0.25, -0.2) is 4.39 Å². The van der Waals surface area contributed by atoms with E-state index in [0.29, 0.717) is 0 Å². The third-order valence-corrected chi connectivity index (χ3v) is 4.56. The Labute approximate surface area is 151 Å². The molecule has 0 aliphatic carbocycles. The minimum Gasteiger partial charge on any atom is -0.367 e. The molecule has 1 aromatic rings. The van der Waals surface area contributed by atoms with E-state index < -0.39 is 0 Å². The number of hydrogen-bond donors (Lipinski definition) is 2. The van der Waals surface area contributed by atoms with E-state index in [0.717, 1.165) is 70.3 Å². The second-order valence-corrected chi connectivity index (χ2v) is 6.41. The number of guanidine groups is 1. The zero-order valence-electron chi connectivity index (χ0n) is 15.6. The lowest BCUT2D eigenvalue weighted by molar-refractivity contribution is 0.254. The van der Waals surface area contributed by atoms with Gasteiger partial charge in [-0.15, -0.1) is 0 Å². The van der Waals surface area contributed by atoms with E-state index >= 15 is 0 Å². The Morgan fingerprint density at radius 2 is 1.76 bits per heavy atom. The van der Waals surface area contributed by atoms with Crippen LogP contribution < -0.4 is 15.5 Å². The first kappa shape index (κ1) is 19.5. The lowest BCUT2D eigenvalue weighted by Gasteiger charge is -2.36. The molecule has 0 aromatic heterocycles. The molecule has 0 amide bonds. The number of aliphatic imine (C=N–C) groups is 1. The Balaban J connectivity index is 1.62. The number of piperazine rings is 1. The van der Waals surface area contributed by atoms with Gasteiger partial charge in [-0.1, -0.05) is 25.5 Å². The van der Waals surface area contributed by atoms with Gasteiger partial charge in [0.2, 0.25) is 0 Å². The minimum atomic E-state index is -0.123. The van der Waals surface area contributed by atoms with Crippen LogP contribution in [0.15, 0.2) is 29.3 Å². The second kappa shape index (κ2) is 10.9. The summed E-state index contributed by atoms with van der Waals surface area (Å²) >= 11 is 0. The Kier molecular flexibility index (Phi) is 8.52. The summed E-state index contributed by atoms with van der Waals surface area (Å²) in [5, 5.41) is 6.68. The molecule has 0 atom stereocenters. The molecule has 1 fully saturated rings. The van der Waals surface area contributed by atoms with Crippen molar-refractivity contribution < 1.29 is 4.39 Å². The highest BCUT2D eigenvalue weighted by molar-refractivity contribution is 5.79. The van der Waals surface area contributed by atoms with Gasteiger partial charge in [0.25, 0.3) is 0 Å². The summed E-state index contributed by atoms with van der Waals surface area (Å²) in [6.45, 7) is 8.86. The fourth-order valence-corrected chi connectivity index (χ4v) is 3.03. The van der Waals surface area contributed by atoms with Gasteiger partial charge in [-0.3, -0.25) is 9.89 Å². The topological polar surface area (TPSA) is 42.9 Å². The van der Waals surface area contributed by atoms with Crippen molar-refractivity contribution >= 4 is 11.6 Å². The quantitative estimate of drug-likeness (QED) is 0.429. The highest BCUT2D eigenvalue weighted by Gasteiger charge is 2.18. The van der Waals surface area contributed by atoms with Crippen LogP contribution in [0.25, 0.3) is 0 Å². The van der Waals surface area contributed by atoms with Crippen molar-refractivity contribution in [3.8, 4) is 0 Å². The third-order valence-electron chi connectivity index (χ3n) is 4.56. The molecule has 5 nitrogen and oxygen atoms in total. The van der Waals surface area contributed by atoms with Crippen LogP contribution in [0.5, 0.6) is 0 Å². The van der Waals surface area contributed by atoms with Crippen LogP contribution >= 0.6 is 0 Å². The molecule has 0 saturated carbocycles. The van der Waals surface area contributed by atoms with Gasteiger partial charge in [-0.2, -0.15) is 0 Å². The van der Waals surface area contributed by atoms with Gasteiger partial charge in [0, 0.05) is 46.3 Å². The first-order chi connectivity index (χ1) is 12.2. The van der Waals surface area contributed by atoms with E-state index in [1.54, 1.807) is 6.07 Å². The molecular weight excluding hydrogens is 317 g/mol. The highest BCUT2D eigenvalue weighted by atomic mass is 19.1. The second-order valence-electron chi connectivity index (χ2n) is 6.41. The summed E-state index contributed by atoms with van der Waals surface area (Å²) in [5.41, 5.74) is 0.728. The number of halogens is 1. The van der Waals surface area contributed by atoms with Crippen molar-refractivity contribution in [1.82, 2.24) is 15.5 Å². The van der Waals surface area contributed by atoms with Crippen LogP contribution in [0.3, 0.4) is 0 Å². The summed E-state index contributed by atoms with van der Waals surface area (Å²) in [4.78, 5) is 8.83. The van der Waals surface area contributed by atoms with Crippen molar-refractivity contribution in [2.24, 2.45) is 4.99 Å². The molecule has 1 aliphatic heterocycles. The average Bonchev–Trinajstić information content (AvgIpc) is 2.65. The molecule has 0 spiro atoms. The number of anilines is 1. The molecule has 2 N–H and O–H groups in total. The van der Waals surface area contributed by atoms with Crippen molar-refractivity contribution in [2.75, 3.05) is 57.8 Å². The van der Waals surface area contributed by atoms with Crippen LogP contribution in [0.2, 0.25) is 0 Å². The maximum absolute atomic E-state index is 13.9. The van der Waals surface area contributed by atoms with Crippen molar-refractivity contribution in [3.63, 3.8) is 0 Å². The summed E-state index contributed by atoms with van der Waals surface area (Å²) in [6.07, 6.45) is 3.42. The number of benzene rings is 1. The molecule has 0 bridgehead atoms. The van der Waals surface area contributed by atoms with Gasteiger partial charge in [0.15, 0.2) is 5.96 Å². The van der Waals surface area contributed by atoms with E-state index in [4.69, 9.17) is 0 Å². The normalized spacial score (nSPS) is 16.1. The molecule has 25 heavy (non-hydrogen) atoms. The van der Waals surface area contributed by atoms with Crippen LogP contribution in [0.4, 0.5) is 10.1 Å². The largest absolute Gasteiger partial charge is 0.367 e. The molecule has 0 unspecified atom stereocenters. The standard InChI is InChI=1S/C19H32FN5/c1-3-4-10-22-19(21-2)23-11-7-12-24-13-15-25(16-14-24)18-9-6-5-8-17(18)20/h5-6,8-9H,3-4,7,10-16H2,1-2H3,(H2,21,22,23). The first-order valence-corrected chi connectivity index (χ1v) is 9.41. The Bertz CT molecular complexity index is 526. The number of nitrogens with one attached hydrogen (secondary N) is 2. The van der Waals surface area contributed by atoms with E-state index in [9.17, 15) is 4.39 Å². The molecule has 1 aromatic carbocycles. The average molecular weight is 349 g/mol. The van der Waals surface area contributed by atoms with Crippen molar-refractivity contribution in [3.05, 3.63) is 30.1 Å². The van der Waals surface area contributed by atoms with Crippen molar-refractivity contribution in [2.45, 2.75) is 26.2 Å². The highest BCUT2D eigenvalue weighted by Crippen LogP contribution is 2.20. The minimum absolute atomic E-state index is 0.123. The van der Waals surface area contributed by atoms with Crippen LogP contribution in [-0.2, 0) is 0 Å². The van der Waals surface area contributed by atoms with E-state index in [1.165, 1.54) is 12.5 Å².